The molecule has 1 heterocycles. The molecule has 1 fully saturated rings. The number of para-hydroxylation sites is 1. The summed E-state index contributed by atoms with van der Waals surface area (Å²) in [6.07, 6.45) is 4.95. The first-order valence-corrected chi connectivity index (χ1v) is 8.35. The van der Waals surface area contributed by atoms with Crippen LogP contribution in [0.15, 0.2) is 24.3 Å². The summed E-state index contributed by atoms with van der Waals surface area (Å²) in [6, 6.07) is 8.17. The first kappa shape index (κ1) is 15.4. The number of halogens is 1. The van der Waals surface area contributed by atoms with Crippen molar-refractivity contribution in [2.75, 3.05) is 19.0 Å². The number of hydrogen-bond donors (Lipinski definition) is 0. The summed E-state index contributed by atoms with van der Waals surface area (Å²) in [4.78, 5) is 14.6. The lowest BCUT2D eigenvalue weighted by atomic mass is 9.99. The zero-order chi connectivity index (χ0) is 14.4. The Balaban J connectivity index is 2.06. The first-order valence-electron chi connectivity index (χ1n) is 7.23. The van der Waals surface area contributed by atoms with Crippen molar-refractivity contribution >= 4 is 21.8 Å². The summed E-state index contributed by atoms with van der Waals surface area (Å²) >= 11 is 3.49. The van der Waals surface area contributed by atoms with E-state index in [2.05, 4.69) is 20.8 Å². The summed E-state index contributed by atoms with van der Waals surface area (Å²) in [6.45, 7) is 0.894. The molecule has 1 saturated heterocycles. The number of likely N-dealkylation sites (tertiary alicyclic amines) is 1. The van der Waals surface area contributed by atoms with Crippen molar-refractivity contribution in [1.82, 2.24) is 4.90 Å². The third kappa shape index (κ3) is 3.75. The van der Waals surface area contributed by atoms with E-state index >= 15 is 0 Å². The molecular weight excluding hydrogens is 318 g/mol. The van der Waals surface area contributed by atoms with Crippen molar-refractivity contribution in [3.63, 3.8) is 0 Å². The van der Waals surface area contributed by atoms with Gasteiger partial charge >= 0.3 is 0 Å². The van der Waals surface area contributed by atoms with Gasteiger partial charge in [-0.2, -0.15) is 0 Å². The average Bonchev–Trinajstić information content (AvgIpc) is 2.48. The van der Waals surface area contributed by atoms with Crippen molar-refractivity contribution < 1.29 is 9.53 Å². The normalized spacial score (nSPS) is 18.9. The van der Waals surface area contributed by atoms with Gasteiger partial charge < -0.3 is 9.64 Å². The Morgan fingerprint density at radius 3 is 2.95 bits per heavy atom. The van der Waals surface area contributed by atoms with Crippen LogP contribution >= 0.6 is 15.9 Å². The number of ether oxygens (including phenoxy) is 1. The minimum absolute atomic E-state index is 0.222. The van der Waals surface area contributed by atoms with Gasteiger partial charge in [0.05, 0.1) is 13.5 Å². The van der Waals surface area contributed by atoms with E-state index in [1.807, 2.05) is 24.3 Å². The van der Waals surface area contributed by atoms with E-state index < -0.39 is 0 Å². The molecule has 20 heavy (non-hydrogen) atoms. The van der Waals surface area contributed by atoms with Gasteiger partial charge in [0.1, 0.15) is 5.75 Å². The molecule has 1 aromatic carbocycles. The van der Waals surface area contributed by atoms with Crippen molar-refractivity contribution in [2.45, 2.75) is 38.1 Å². The summed E-state index contributed by atoms with van der Waals surface area (Å²) < 4.78 is 5.33. The number of carbonyl (C=O) groups is 1. The number of amides is 1. The molecular formula is C16H22BrNO2. The van der Waals surface area contributed by atoms with Gasteiger partial charge in [0.25, 0.3) is 0 Å². The van der Waals surface area contributed by atoms with E-state index in [0.29, 0.717) is 12.5 Å². The average molecular weight is 340 g/mol. The van der Waals surface area contributed by atoms with Crippen molar-refractivity contribution in [3.8, 4) is 5.75 Å². The molecule has 0 bridgehead atoms. The van der Waals surface area contributed by atoms with Crippen LogP contribution in [0.25, 0.3) is 0 Å². The monoisotopic (exact) mass is 339 g/mol. The van der Waals surface area contributed by atoms with Gasteiger partial charge in [-0.1, -0.05) is 34.1 Å². The Morgan fingerprint density at radius 1 is 1.40 bits per heavy atom. The molecule has 0 saturated carbocycles. The van der Waals surface area contributed by atoms with Crippen molar-refractivity contribution in [2.24, 2.45) is 0 Å². The van der Waals surface area contributed by atoms with Gasteiger partial charge in [0, 0.05) is 23.5 Å². The van der Waals surface area contributed by atoms with E-state index in [4.69, 9.17) is 4.74 Å². The van der Waals surface area contributed by atoms with E-state index in [0.717, 1.165) is 42.5 Å². The molecule has 0 spiro atoms. The van der Waals surface area contributed by atoms with Gasteiger partial charge in [-0.3, -0.25) is 4.79 Å². The van der Waals surface area contributed by atoms with Gasteiger partial charge in [-0.15, -0.1) is 0 Å². The molecule has 1 aliphatic rings. The Morgan fingerprint density at radius 2 is 2.20 bits per heavy atom. The zero-order valence-electron chi connectivity index (χ0n) is 12.0. The summed E-state index contributed by atoms with van der Waals surface area (Å²) in [5.74, 6) is 1.02. The highest BCUT2D eigenvalue weighted by molar-refractivity contribution is 9.09. The van der Waals surface area contributed by atoms with Gasteiger partial charge in [0.15, 0.2) is 0 Å². The molecule has 4 heteroatoms. The Kier molecular flexibility index (Phi) is 5.89. The minimum atomic E-state index is 0.222. The first-order chi connectivity index (χ1) is 9.76. The van der Waals surface area contributed by atoms with Crippen LogP contribution in [0.1, 0.15) is 31.2 Å². The fourth-order valence-electron chi connectivity index (χ4n) is 2.87. The second-order valence-electron chi connectivity index (χ2n) is 5.20. The SMILES string of the molecule is COc1ccccc1CC(=O)N1CCCCC1CCBr. The molecule has 110 valence electrons. The molecule has 2 rings (SSSR count). The maximum Gasteiger partial charge on any atom is 0.227 e. The predicted octanol–water partition coefficient (Wildman–Crippen LogP) is 3.40. The standard InChI is InChI=1S/C16H22BrNO2/c1-20-15-8-3-2-6-13(15)12-16(19)18-11-5-4-7-14(18)9-10-17/h2-3,6,8,14H,4-5,7,9-12H2,1H3. The lowest BCUT2D eigenvalue weighted by Gasteiger charge is -2.35. The Labute approximate surface area is 129 Å². The van der Waals surface area contributed by atoms with Crippen LogP contribution in [0.5, 0.6) is 5.75 Å². The lowest BCUT2D eigenvalue weighted by Crippen LogP contribution is -2.44. The summed E-state index contributed by atoms with van der Waals surface area (Å²) in [5, 5.41) is 0.954. The largest absolute Gasteiger partial charge is 0.496 e. The summed E-state index contributed by atoms with van der Waals surface area (Å²) in [7, 11) is 1.65. The van der Waals surface area contributed by atoms with Crippen LogP contribution in [-0.2, 0) is 11.2 Å². The lowest BCUT2D eigenvalue weighted by molar-refractivity contribution is -0.134. The van der Waals surface area contributed by atoms with Crippen LogP contribution < -0.4 is 4.74 Å². The number of rotatable bonds is 5. The maximum absolute atomic E-state index is 12.6. The fourth-order valence-corrected chi connectivity index (χ4v) is 3.40. The van der Waals surface area contributed by atoms with Gasteiger partial charge in [-0.05, 0) is 31.7 Å². The number of benzene rings is 1. The maximum atomic E-state index is 12.6. The highest BCUT2D eigenvalue weighted by Gasteiger charge is 2.26. The number of alkyl halides is 1. The van der Waals surface area contributed by atoms with E-state index in [9.17, 15) is 4.79 Å². The van der Waals surface area contributed by atoms with Crippen LogP contribution in [0.2, 0.25) is 0 Å². The second kappa shape index (κ2) is 7.67. The third-order valence-corrected chi connectivity index (χ3v) is 4.38. The quantitative estimate of drug-likeness (QED) is 0.769. The number of piperidine rings is 1. The Hall–Kier alpha value is -1.03. The van der Waals surface area contributed by atoms with Gasteiger partial charge in [0.2, 0.25) is 5.91 Å². The topological polar surface area (TPSA) is 29.5 Å². The Bertz CT molecular complexity index is 448. The van der Waals surface area contributed by atoms with E-state index in [1.165, 1.54) is 6.42 Å². The molecule has 1 aliphatic heterocycles. The molecule has 1 unspecified atom stereocenters. The van der Waals surface area contributed by atoms with Crippen molar-refractivity contribution in [1.29, 1.82) is 0 Å². The van der Waals surface area contributed by atoms with Crippen LogP contribution in [0.4, 0.5) is 0 Å². The fraction of sp³-hybridized carbons (Fsp3) is 0.562. The third-order valence-electron chi connectivity index (χ3n) is 3.92. The van der Waals surface area contributed by atoms with Crippen LogP contribution in [0.3, 0.4) is 0 Å². The zero-order valence-corrected chi connectivity index (χ0v) is 13.6. The molecule has 0 N–H and O–H groups in total. The molecule has 1 atom stereocenters. The van der Waals surface area contributed by atoms with E-state index in [1.54, 1.807) is 7.11 Å². The molecule has 1 aromatic rings. The van der Waals surface area contributed by atoms with Crippen LogP contribution in [-0.4, -0.2) is 35.8 Å². The molecule has 0 aliphatic carbocycles. The molecule has 0 radical (unpaired) electrons. The molecule has 1 amide bonds. The second-order valence-corrected chi connectivity index (χ2v) is 6.00. The van der Waals surface area contributed by atoms with Crippen molar-refractivity contribution in [3.05, 3.63) is 29.8 Å². The van der Waals surface area contributed by atoms with Crippen LogP contribution in [0, 0.1) is 0 Å². The highest BCUT2D eigenvalue weighted by Crippen LogP contribution is 2.23. The number of methoxy groups -OCH3 is 1. The summed E-state index contributed by atoms with van der Waals surface area (Å²) in [5.41, 5.74) is 0.975. The molecule has 0 aromatic heterocycles. The smallest absolute Gasteiger partial charge is 0.227 e. The number of hydrogen-bond acceptors (Lipinski definition) is 2. The highest BCUT2D eigenvalue weighted by atomic mass is 79.9. The van der Waals surface area contributed by atoms with E-state index in [-0.39, 0.29) is 5.91 Å². The number of carbonyl (C=O) groups excluding carboxylic acids is 1. The molecule has 3 nitrogen and oxygen atoms in total. The minimum Gasteiger partial charge on any atom is -0.496 e. The number of nitrogens with zero attached hydrogens (tertiary/aromatic N) is 1. The predicted molar refractivity (Wildman–Crippen MR) is 84.5 cm³/mol. The van der Waals surface area contributed by atoms with Gasteiger partial charge in [-0.25, -0.2) is 0 Å².